The Balaban J connectivity index is 3.21. The third-order valence-corrected chi connectivity index (χ3v) is 0.496. The molecule has 0 radical (unpaired) electrons. The third kappa shape index (κ3) is 2.77. The van der Waals surface area contributed by atoms with E-state index in [-0.39, 0.29) is 6.04 Å². The van der Waals surface area contributed by atoms with E-state index in [0.29, 0.717) is 6.29 Å². The second kappa shape index (κ2) is 3.16. The molecule has 0 heterocycles. The van der Waals surface area contributed by atoms with Gasteiger partial charge in [-0.05, 0) is 6.92 Å². The van der Waals surface area contributed by atoms with E-state index in [1.165, 1.54) is 0 Å². The van der Waals surface area contributed by atoms with Crippen molar-refractivity contribution in [3.8, 4) is 6.19 Å². The molecule has 0 rings (SSSR count). The van der Waals surface area contributed by atoms with Crippen LogP contribution in [0.3, 0.4) is 0 Å². The Hall–Kier alpha value is -1.04. The molecule has 1 atom stereocenters. The van der Waals surface area contributed by atoms with E-state index >= 15 is 0 Å². The van der Waals surface area contributed by atoms with E-state index in [1.54, 1.807) is 13.1 Å². The minimum absolute atomic E-state index is 0.343. The van der Waals surface area contributed by atoms with Gasteiger partial charge in [0.05, 0.1) is 6.04 Å². The molecule has 0 aromatic heterocycles. The first kappa shape index (κ1) is 5.96. The van der Waals surface area contributed by atoms with Crippen LogP contribution in [0.5, 0.6) is 0 Å². The fraction of sp³-hybridized carbons (Fsp3) is 0.500. The number of carbonyl (C=O) groups is 1. The van der Waals surface area contributed by atoms with Gasteiger partial charge in [0.1, 0.15) is 6.29 Å². The predicted octanol–water partition coefficient (Wildman–Crippen LogP) is -0.356. The Morgan fingerprint density at radius 3 is 2.71 bits per heavy atom. The number of hydrogen-bond acceptors (Lipinski definition) is 3. The lowest BCUT2D eigenvalue weighted by molar-refractivity contribution is -0.109. The molecule has 0 spiro atoms. The minimum Gasteiger partial charge on any atom is -0.314 e. The average Bonchev–Trinajstić information content (AvgIpc) is 1.68. The maximum atomic E-state index is 9.68. The van der Waals surface area contributed by atoms with Crippen molar-refractivity contribution in [1.29, 1.82) is 5.26 Å². The number of carbonyl (C=O) groups excluding carboxylic acids is 1. The largest absolute Gasteiger partial charge is 0.314 e. The molecule has 1 N–H and O–H groups in total. The van der Waals surface area contributed by atoms with Crippen molar-refractivity contribution in [3.63, 3.8) is 0 Å². The van der Waals surface area contributed by atoms with E-state index in [4.69, 9.17) is 5.26 Å². The van der Waals surface area contributed by atoms with E-state index in [2.05, 4.69) is 5.32 Å². The molecule has 0 aromatic rings. The lowest BCUT2D eigenvalue weighted by Gasteiger charge is -1.93. The van der Waals surface area contributed by atoms with Crippen LogP contribution in [0.4, 0.5) is 0 Å². The number of rotatable bonds is 2. The normalized spacial score (nSPS) is 11.4. The zero-order valence-electron chi connectivity index (χ0n) is 4.01. The molecule has 0 bridgehead atoms. The summed E-state index contributed by atoms with van der Waals surface area (Å²) in [5.41, 5.74) is 0. The molecular weight excluding hydrogens is 92.1 g/mol. The molecule has 1 unspecified atom stereocenters. The number of nitrogens with one attached hydrogen (secondary N) is 1. The van der Waals surface area contributed by atoms with Crippen LogP contribution in [0.25, 0.3) is 0 Å². The molecule has 0 aromatic carbocycles. The van der Waals surface area contributed by atoms with Crippen molar-refractivity contribution in [3.05, 3.63) is 0 Å². The summed E-state index contributed by atoms with van der Waals surface area (Å²) in [6.45, 7) is 1.61. The van der Waals surface area contributed by atoms with Crippen molar-refractivity contribution >= 4 is 6.29 Å². The van der Waals surface area contributed by atoms with Gasteiger partial charge in [0.25, 0.3) is 0 Å². The van der Waals surface area contributed by atoms with Gasteiger partial charge >= 0.3 is 0 Å². The molecule has 0 fully saturated rings. The Kier molecular flexibility index (Phi) is 2.69. The number of aldehydes is 1. The van der Waals surface area contributed by atoms with Crippen LogP contribution in [-0.4, -0.2) is 12.3 Å². The van der Waals surface area contributed by atoms with Crippen LogP contribution in [-0.2, 0) is 4.79 Å². The highest BCUT2D eigenvalue weighted by Crippen LogP contribution is 1.66. The first-order valence-electron chi connectivity index (χ1n) is 1.91. The number of nitriles is 1. The molecule has 0 aliphatic heterocycles. The topological polar surface area (TPSA) is 52.9 Å². The smallest absolute Gasteiger partial charge is 0.177 e. The van der Waals surface area contributed by atoms with Gasteiger partial charge in [-0.1, -0.05) is 0 Å². The van der Waals surface area contributed by atoms with Crippen LogP contribution in [0.15, 0.2) is 0 Å². The summed E-state index contributed by atoms with van der Waals surface area (Å²) < 4.78 is 0. The fourth-order valence-electron chi connectivity index (χ4n) is 0.136. The number of hydrogen-bond donors (Lipinski definition) is 1. The van der Waals surface area contributed by atoms with Crippen LogP contribution in [0.1, 0.15) is 6.92 Å². The molecule has 0 aliphatic carbocycles. The van der Waals surface area contributed by atoms with Crippen molar-refractivity contribution < 1.29 is 4.79 Å². The van der Waals surface area contributed by atoms with Gasteiger partial charge < -0.3 is 10.1 Å². The fourth-order valence-corrected chi connectivity index (χ4v) is 0.136. The van der Waals surface area contributed by atoms with Crippen molar-refractivity contribution in [2.75, 3.05) is 0 Å². The Labute approximate surface area is 41.9 Å². The van der Waals surface area contributed by atoms with Gasteiger partial charge in [-0.15, -0.1) is 0 Å². The molecule has 38 valence electrons. The van der Waals surface area contributed by atoms with Gasteiger partial charge in [0, 0.05) is 0 Å². The second-order valence-electron chi connectivity index (χ2n) is 1.18. The van der Waals surface area contributed by atoms with Crippen LogP contribution < -0.4 is 5.32 Å². The maximum Gasteiger partial charge on any atom is 0.177 e. The Morgan fingerprint density at radius 1 is 2.00 bits per heavy atom. The van der Waals surface area contributed by atoms with Crippen LogP contribution >= 0.6 is 0 Å². The molecule has 3 nitrogen and oxygen atoms in total. The summed E-state index contributed by atoms with van der Waals surface area (Å²) in [5.74, 6) is 0. The Morgan fingerprint density at radius 2 is 2.57 bits per heavy atom. The second-order valence-corrected chi connectivity index (χ2v) is 1.18. The van der Waals surface area contributed by atoms with Crippen LogP contribution in [0.2, 0.25) is 0 Å². The van der Waals surface area contributed by atoms with Gasteiger partial charge in [-0.2, -0.15) is 5.26 Å². The summed E-state index contributed by atoms with van der Waals surface area (Å²) in [5, 5.41) is 10.1. The summed E-state index contributed by atoms with van der Waals surface area (Å²) in [6.07, 6.45) is 2.31. The van der Waals surface area contributed by atoms with E-state index in [1.807, 2.05) is 0 Å². The molecular formula is C4H6N2O. The highest BCUT2D eigenvalue weighted by Gasteiger charge is 1.90. The predicted molar refractivity (Wildman–Crippen MR) is 24.3 cm³/mol. The zero-order valence-corrected chi connectivity index (χ0v) is 4.01. The van der Waals surface area contributed by atoms with E-state index in [0.717, 1.165) is 0 Å². The number of nitrogens with zero attached hydrogens (tertiary/aromatic N) is 1. The minimum atomic E-state index is -0.343. The third-order valence-electron chi connectivity index (χ3n) is 0.496. The Bertz CT molecular complexity index is 94.4. The van der Waals surface area contributed by atoms with Crippen LogP contribution in [0, 0.1) is 11.5 Å². The van der Waals surface area contributed by atoms with E-state index < -0.39 is 0 Å². The molecule has 3 heteroatoms. The summed E-state index contributed by atoms with van der Waals surface area (Å²) >= 11 is 0. The molecule has 0 saturated heterocycles. The van der Waals surface area contributed by atoms with E-state index in [9.17, 15) is 4.79 Å². The highest BCUT2D eigenvalue weighted by atomic mass is 16.1. The van der Waals surface area contributed by atoms with Crippen molar-refractivity contribution in [1.82, 2.24) is 5.32 Å². The average molecular weight is 98.1 g/mol. The molecule has 0 amide bonds. The quantitative estimate of drug-likeness (QED) is 0.291. The van der Waals surface area contributed by atoms with Gasteiger partial charge in [0.15, 0.2) is 6.19 Å². The SMILES string of the molecule is CC(C=O)NC#N. The standard InChI is InChI=1S/C4H6N2O/c1-4(2-7)6-3-5/h2,4,6H,1H3. The summed E-state index contributed by atoms with van der Waals surface area (Å²) in [4.78, 5) is 9.68. The van der Waals surface area contributed by atoms with Gasteiger partial charge in [-0.25, -0.2) is 0 Å². The lowest BCUT2D eigenvalue weighted by atomic mass is 10.4. The summed E-state index contributed by atoms with van der Waals surface area (Å²) in [6, 6.07) is -0.343. The van der Waals surface area contributed by atoms with Crippen molar-refractivity contribution in [2.24, 2.45) is 0 Å². The highest BCUT2D eigenvalue weighted by molar-refractivity contribution is 5.56. The van der Waals surface area contributed by atoms with Gasteiger partial charge in [0.2, 0.25) is 0 Å². The molecule has 0 saturated carbocycles. The lowest BCUT2D eigenvalue weighted by Crippen LogP contribution is -2.21. The monoisotopic (exact) mass is 98.0 g/mol. The van der Waals surface area contributed by atoms with Crippen molar-refractivity contribution in [2.45, 2.75) is 13.0 Å². The maximum absolute atomic E-state index is 9.68. The molecule has 7 heavy (non-hydrogen) atoms. The zero-order chi connectivity index (χ0) is 5.70. The summed E-state index contributed by atoms with van der Waals surface area (Å²) in [7, 11) is 0. The first-order valence-corrected chi connectivity index (χ1v) is 1.91. The first-order chi connectivity index (χ1) is 3.31. The molecule has 0 aliphatic rings. The van der Waals surface area contributed by atoms with Gasteiger partial charge in [-0.3, -0.25) is 0 Å².